The highest BCUT2D eigenvalue weighted by molar-refractivity contribution is 5.90. The molecular weight excluding hydrogens is 317 g/mol. The van der Waals surface area contributed by atoms with Crippen molar-refractivity contribution in [3.05, 3.63) is 11.3 Å². The molecule has 0 saturated carbocycles. The summed E-state index contributed by atoms with van der Waals surface area (Å²) in [6.45, 7) is 5.48. The molecule has 5 nitrogen and oxygen atoms in total. The molecular formula is C15H23F3O5. The highest BCUT2D eigenvalue weighted by Crippen LogP contribution is 2.38. The first-order chi connectivity index (χ1) is 10.8. The predicted molar refractivity (Wildman–Crippen MR) is 75.5 cm³/mol. The van der Waals surface area contributed by atoms with Gasteiger partial charge in [0.25, 0.3) is 0 Å². The van der Waals surface area contributed by atoms with Crippen molar-refractivity contribution in [3.63, 3.8) is 0 Å². The Labute approximate surface area is 133 Å². The largest absolute Gasteiger partial charge is 0.462 e. The molecule has 0 amide bonds. The molecule has 1 heterocycles. The number of allylic oxidation sites excluding steroid dienone is 1. The van der Waals surface area contributed by atoms with E-state index in [2.05, 4.69) is 0 Å². The maximum Gasteiger partial charge on any atom is 0.449 e. The molecule has 0 N–H and O–H groups in total. The fourth-order valence-corrected chi connectivity index (χ4v) is 2.15. The van der Waals surface area contributed by atoms with Crippen molar-refractivity contribution in [2.45, 2.75) is 58.6 Å². The molecule has 2 atom stereocenters. The van der Waals surface area contributed by atoms with E-state index in [4.69, 9.17) is 18.9 Å². The minimum absolute atomic E-state index is 0.00524. The third-order valence-corrected chi connectivity index (χ3v) is 3.14. The van der Waals surface area contributed by atoms with Crippen LogP contribution in [-0.4, -0.2) is 44.4 Å². The van der Waals surface area contributed by atoms with Gasteiger partial charge in [0, 0.05) is 13.0 Å². The molecule has 0 bridgehead atoms. The van der Waals surface area contributed by atoms with Crippen LogP contribution in [-0.2, 0) is 23.7 Å². The lowest BCUT2D eigenvalue weighted by molar-refractivity contribution is -0.209. The summed E-state index contributed by atoms with van der Waals surface area (Å²) in [6, 6.07) is 0. The topological polar surface area (TPSA) is 54.0 Å². The number of carbonyl (C=O) groups is 1. The van der Waals surface area contributed by atoms with E-state index in [9.17, 15) is 18.0 Å². The Kier molecular flexibility index (Phi) is 7.84. The molecule has 23 heavy (non-hydrogen) atoms. The first-order valence-corrected chi connectivity index (χ1v) is 7.73. The first kappa shape index (κ1) is 19.8. The van der Waals surface area contributed by atoms with Crippen molar-refractivity contribution in [2.24, 2.45) is 0 Å². The predicted octanol–water partition coefficient (Wildman–Crippen LogP) is 3.33. The summed E-state index contributed by atoms with van der Waals surface area (Å²) in [5, 5.41) is 0. The van der Waals surface area contributed by atoms with Gasteiger partial charge < -0.3 is 18.9 Å². The van der Waals surface area contributed by atoms with Gasteiger partial charge in [0.1, 0.15) is 5.57 Å². The van der Waals surface area contributed by atoms with Gasteiger partial charge in [0.2, 0.25) is 12.0 Å². The molecule has 1 aliphatic heterocycles. The Hall–Kier alpha value is -1.28. The lowest BCUT2D eigenvalue weighted by Gasteiger charge is -2.33. The Morgan fingerprint density at radius 2 is 1.91 bits per heavy atom. The van der Waals surface area contributed by atoms with Crippen LogP contribution in [0.4, 0.5) is 13.2 Å². The monoisotopic (exact) mass is 340 g/mol. The van der Waals surface area contributed by atoms with Crippen molar-refractivity contribution in [3.8, 4) is 0 Å². The van der Waals surface area contributed by atoms with Crippen LogP contribution in [0.5, 0.6) is 0 Å². The van der Waals surface area contributed by atoms with Crippen molar-refractivity contribution < 1.29 is 36.9 Å². The molecule has 0 fully saturated rings. The smallest absolute Gasteiger partial charge is 0.449 e. The molecule has 2 unspecified atom stereocenters. The lowest BCUT2D eigenvalue weighted by atomic mass is 10.0. The number of esters is 1. The maximum atomic E-state index is 13.3. The minimum Gasteiger partial charge on any atom is -0.462 e. The summed E-state index contributed by atoms with van der Waals surface area (Å²) in [4.78, 5) is 11.9. The third kappa shape index (κ3) is 5.69. The van der Waals surface area contributed by atoms with Crippen LogP contribution in [0.25, 0.3) is 0 Å². The second-order valence-corrected chi connectivity index (χ2v) is 4.91. The van der Waals surface area contributed by atoms with Crippen LogP contribution in [0, 0.1) is 0 Å². The highest BCUT2D eigenvalue weighted by atomic mass is 19.4. The fraction of sp³-hybridized carbons (Fsp3) is 0.800. The van der Waals surface area contributed by atoms with E-state index in [1.54, 1.807) is 6.92 Å². The van der Waals surface area contributed by atoms with Crippen LogP contribution >= 0.6 is 0 Å². The van der Waals surface area contributed by atoms with Crippen LogP contribution in [0.2, 0.25) is 0 Å². The SMILES string of the molecule is CCCCOC1CC(OCC)C(C(=O)OCC)=C(C(F)(F)F)O1. The molecule has 0 radical (unpaired) electrons. The summed E-state index contributed by atoms with van der Waals surface area (Å²) < 4.78 is 60.1. The van der Waals surface area contributed by atoms with Crippen LogP contribution in [0.3, 0.4) is 0 Å². The number of hydrogen-bond donors (Lipinski definition) is 0. The molecule has 1 rings (SSSR count). The van der Waals surface area contributed by atoms with Crippen molar-refractivity contribution in [1.29, 1.82) is 0 Å². The molecule has 0 aromatic carbocycles. The quantitative estimate of drug-likeness (QED) is 0.501. The van der Waals surface area contributed by atoms with E-state index in [1.165, 1.54) is 6.92 Å². The van der Waals surface area contributed by atoms with Gasteiger partial charge in [0.05, 0.1) is 19.3 Å². The average Bonchev–Trinajstić information content (AvgIpc) is 2.46. The van der Waals surface area contributed by atoms with Gasteiger partial charge in [-0.15, -0.1) is 0 Å². The number of carbonyl (C=O) groups excluding carboxylic acids is 1. The van der Waals surface area contributed by atoms with Crippen LogP contribution in [0.15, 0.2) is 11.3 Å². The fourth-order valence-electron chi connectivity index (χ4n) is 2.15. The minimum atomic E-state index is -4.83. The molecule has 0 saturated heterocycles. The van der Waals surface area contributed by atoms with E-state index in [1.807, 2.05) is 6.92 Å². The summed E-state index contributed by atoms with van der Waals surface area (Å²) >= 11 is 0. The molecule has 0 aromatic heterocycles. The van der Waals surface area contributed by atoms with Crippen LogP contribution in [0.1, 0.15) is 40.0 Å². The second kappa shape index (κ2) is 9.12. The number of alkyl halides is 3. The lowest BCUT2D eigenvalue weighted by Crippen LogP contribution is -2.40. The van der Waals surface area contributed by atoms with Gasteiger partial charge in [-0.25, -0.2) is 4.79 Å². The normalized spacial score (nSPS) is 22.0. The van der Waals surface area contributed by atoms with E-state index in [0.29, 0.717) is 6.42 Å². The Balaban J connectivity index is 3.09. The van der Waals surface area contributed by atoms with E-state index >= 15 is 0 Å². The van der Waals surface area contributed by atoms with Gasteiger partial charge in [-0.1, -0.05) is 13.3 Å². The average molecular weight is 340 g/mol. The van der Waals surface area contributed by atoms with Gasteiger partial charge in [-0.05, 0) is 20.3 Å². The number of hydrogen-bond acceptors (Lipinski definition) is 5. The molecule has 0 aliphatic carbocycles. The van der Waals surface area contributed by atoms with Gasteiger partial charge in [-0.3, -0.25) is 0 Å². The standard InChI is InChI=1S/C15H23F3O5/c1-4-7-8-22-11-9-10(20-5-2)12(14(19)21-6-3)13(23-11)15(16,17)18/h10-11H,4-9H2,1-3H3. The zero-order chi connectivity index (χ0) is 17.5. The second-order valence-electron chi connectivity index (χ2n) is 4.91. The number of rotatable bonds is 8. The van der Waals surface area contributed by atoms with E-state index < -0.39 is 35.9 Å². The van der Waals surface area contributed by atoms with Gasteiger partial charge in [0.15, 0.2) is 0 Å². The first-order valence-electron chi connectivity index (χ1n) is 7.73. The van der Waals surface area contributed by atoms with E-state index in [-0.39, 0.29) is 26.2 Å². The van der Waals surface area contributed by atoms with Crippen molar-refractivity contribution in [1.82, 2.24) is 0 Å². The molecule has 134 valence electrons. The van der Waals surface area contributed by atoms with Crippen molar-refractivity contribution in [2.75, 3.05) is 19.8 Å². The molecule has 1 aliphatic rings. The maximum absolute atomic E-state index is 13.3. The highest BCUT2D eigenvalue weighted by Gasteiger charge is 2.48. The molecule has 8 heteroatoms. The van der Waals surface area contributed by atoms with E-state index in [0.717, 1.165) is 6.42 Å². The summed E-state index contributed by atoms with van der Waals surface area (Å²) in [6.07, 6.45) is -5.45. The number of unbranched alkanes of at least 4 members (excludes halogenated alkanes) is 1. The summed E-state index contributed by atoms with van der Waals surface area (Å²) in [5.74, 6) is -2.47. The summed E-state index contributed by atoms with van der Waals surface area (Å²) in [7, 11) is 0. The zero-order valence-electron chi connectivity index (χ0n) is 13.6. The third-order valence-electron chi connectivity index (χ3n) is 3.14. The number of halogens is 3. The Bertz CT molecular complexity index is 420. The Morgan fingerprint density at radius 1 is 1.22 bits per heavy atom. The molecule has 0 spiro atoms. The Morgan fingerprint density at radius 3 is 2.43 bits per heavy atom. The van der Waals surface area contributed by atoms with Gasteiger partial charge in [-0.2, -0.15) is 13.2 Å². The summed E-state index contributed by atoms with van der Waals surface area (Å²) in [5.41, 5.74) is -0.628. The van der Waals surface area contributed by atoms with Gasteiger partial charge >= 0.3 is 12.1 Å². The van der Waals surface area contributed by atoms with Crippen molar-refractivity contribution >= 4 is 5.97 Å². The zero-order valence-corrected chi connectivity index (χ0v) is 13.6. The van der Waals surface area contributed by atoms with Crippen LogP contribution < -0.4 is 0 Å². The molecule has 0 aromatic rings. The number of ether oxygens (including phenoxy) is 4.